The number of ether oxygens (including phenoxy) is 1. The van der Waals surface area contributed by atoms with Crippen molar-refractivity contribution in [2.75, 3.05) is 6.56 Å². The van der Waals surface area contributed by atoms with Gasteiger partial charge in [-0.05, 0) is 0 Å². The van der Waals surface area contributed by atoms with Gasteiger partial charge in [0.2, 0.25) is 0 Å². The Morgan fingerprint density at radius 3 is 3.00 bits per heavy atom. The third-order valence-corrected chi connectivity index (χ3v) is 3.18. The van der Waals surface area contributed by atoms with Crippen LogP contribution in [0.3, 0.4) is 0 Å². The molecule has 1 aromatic rings. The maximum Gasteiger partial charge on any atom is 0.347 e. The minimum Gasteiger partial charge on any atom is -0.394 e. The SMILES string of the molecule is [2H]C([2H])(O)[C@H]1O[C@@H](n2ncc(=O)[nH]c2=O)C(Cl)(C#C)[C@H]1O. The molecule has 3 N–H and O–H groups in total. The van der Waals surface area contributed by atoms with Crippen molar-refractivity contribution >= 4 is 11.6 Å². The van der Waals surface area contributed by atoms with E-state index in [-0.39, 0.29) is 0 Å². The fraction of sp³-hybridized carbons (Fsp3) is 0.500. The third kappa shape index (κ3) is 2.06. The lowest BCUT2D eigenvalue weighted by atomic mass is 10.00. The van der Waals surface area contributed by atoms with Gasteiger partial charge in [-0.3, -0.25) is 9.78 Å². The van der Waals surface area contributed by atoms with Crippen molar-refractivity contribution < 1.29 is 17.7 Å². The van der Waals surface area contributed by atoms with Crippen LogP contribution in [-0.2, 0) is 4.74 Å². The Bertz CT molecular complexity index is 708. The molecule has 0 aromatic carbocycles. The smallest absolute Gasteiger partial charge is 0.347 e. The lowest BCUT2D eigenvalue weighted by Crippen LogP contribution is -2.45. The van der Waals surface area contributed by atoms with Gasteiger partial charge in [-0.1, -0.05) is 17.5 Å². The molecule has 0 aliphatic carbocycles. The molecular weight excluding hydrogens is 278 g/mol. The van der Waals surface area contributed by atoms with E-state index in [0.717, 1.165) is 6.20 Å². The van der Waals surface area contributed by atoms with E-state index < -0.39 is 41.1 Å². The predicted octanol–water partition coefficient (Wildman–Crippen LogP) is -2.21. The van der Waals surface area contributed by atoms with Crippen molar-refractivity contribution in [2.45, 2.75) is 23.3 Å². The summed E-state index contributed by atoms with van der Waals surface area (Å²) in [5, 5.41) is 22.8. The number of alkyl halides is 1. The predicted molar refractivity (Wildman–Crippen MR) is 63.5 cm³/mol. The van der Waals surface area contributed by atoms with Crippen molar-refractivity contribution in [3.8, 4) is 12.3 Å². The average Bonchev–Trinajstić information content (AvgIpc) is 2.63. The minimum atomic E-state index is -2.96. The number of H-pyrrole nitrogens is 1. The van der Waals surface area contributed by atoms with Crippen molar-refractivity contribution in [1.29, 1.82) is 0 Å². The molecule has 1 saturated heterocycles. The maximum absolute atomic E-state index is 11.7. The van der Waals surface area contributed by atoms with Gasteiger partial charge in [0.15, 0.2) is 11.1 Å². The van der Waals surface area contributed by atoms with Crippen LogP contribution < -0.4 is 11.2 Å². The number of nitrogens with one attached hydrogen (secondary N) is 1. The Morgan fingerprint density at radius 2 is 2.47 bits per heavy atom. The first-order valence-electron chi connectivity index (χ1n) is 6.02. The fourth-order valence-electron chi connectivity index (χ4n) is 1.70. The highest BCUT2D eigenvalue weighted by Gasteiger charge is 2.56. The maximum atomic E-state index is 11.7. The van der Waals surface area contributed by atoms with Gasteiger partial charge in [0.25, 0.3) is 5.56 Å². The molecule has 0 saturated carbocycles. The molecule has 2 rings (SSSR count). The molecule has 0 radical (unpaired) electrons. The molecule has 2 heterocycles. The van der Waals surface area contributed by atoms with Gasteiger partial charge in [0.05, 0.1) is 9.30 Å². The normalized spacial score (nSPS) is 36.4. The van der Waals surface area contributed by atoms with Crippen molar-refractivity contribution in [3.63, 3.8) is 0 Å². The number of hydrogen-bond donors (Lipinski definition) is 3. The molecule has 9 heteroatoms. The van der Waals surface area contributed by atoms with Crippen LogP contribution >= 0.6 is 11.6 Å². The van der Waals surface area contributed by atoms with Crippen LogP contribution in [-0.4, -0.2) is 48.6 Å². The summed E-state index contributed by atoms with van der Waals surface area (Å²) in [6.45, 7) is -2.96. The molecule has 1 fully saturated rings. The summed E-state index contributed by atoms with van der Waals surface area (Å²) in [5.74, 6) is 2.00. The van der Waals surface area contributed by atoms with E-state index in [1.54, 1.807) is 0 Å². The van der Waals surface area contributed by atoms with Crippen LogP contribution in [0.5, 0.6) is 0 Å². The van der Waals surface area contributed by atoms with E-state index in [4.69, 9.17) is 25.5 Å². The number of aliphatic hydroxyl groups is 2. The first-order chi connectivity index (χ1) is 9.61. The molecule has 0 spiro atoms. The quantitative estimate of drug-likeness (QED) is 0.420. The third-order valence-electron chi connectivity index (χ3n) is 2.66. The number of aliphatic hydroxyl groups excluding tert-OH is 1. The molecule has 4 atom stereocenters. The van der Waals surface area contributed by atoms with Gasteiger partial charge in [-0.15, -0.1) is 6.42 Å². The van der Waals surface area contributed by atoms with Gasteiger partial charge in [-0.2, -0.15) is 9.78 Å². The zero-order valence-electron chi connectivity index (χ0n) is 11.3. The number of nitrogens with zero attached hydrogens (tertiary/aromatic N) is 2. The Labute approximate surface area is 114 Å². The Morgan fingerprint density at radius 1 is 1.79 bits per heavy atom. The number of aromatic amines is 1. The summed E-state index contributed by atoms with van der Waals surface area (Å²) in [5.41, 5.74) is -1.79. The van der Waals surface area contributed by atoms with Crippen molar-refractivity contribution in [2.24, 2.45) is 0 Å². The number of halogens is 1. The first-order valence-corrected chi connectivity index (χ1v) is 5.40. The standard InChI is InChI=1S/C10H10ClN3O5/c1-2-10(11)7(17)5(4-15)19-8(10)14-9(18)13-6(16)3-12-14/h1,3,5,7-8,15,17H,4H2,(H,13,16,18)/t5-,7+,8-,10?/m1/s1/i4D2. The lowest BCUT2D eigenvalue weighted by Gasteiger charge is -2.24. The Hall–Kier alpha value is -1.66. The second-order valence-corrected chi connectivity index (χ2v) is 4.40. The highest BCUT2D eigenvalue weighted by Crippen LogP contribution is 2.41. The second-order valence-electron chi connectivity index (χ2n) is 3.78. The van der Waals surface area contributed by atoms with Crippen LogP contribution in [0.4, 0.5) is 0 Å². The molecule has 0 amide bonds. The van der Waals surface area contributed by atoms with Crippen LogP contribution in [0, 0.1) is 12.3 Å². The molecule has 19 heavy (non-hydrogen) atoms. The van der Waals surface area contributed by atoms with E-state index in [9.17, 15) is 19.8 Å². The summed E-state index contributed by atoms with van der Waals surface area (Å²) in [6.07, 6.45) is 0.766. The number of hydrogen-bond acceptors (Lipinski definition) is 6. The summed E-state index contributed by atoms with van der Waals surface area (Å²) in [7, 11) is 0. The average molecular weight is 290 g/mol. The molecule has 8 nitrogen and oxygen atoms in total. The zero-order chi connectivity index (χ0) is 16.0. The van der Waals surface area contributed by atoms with Gasteiger partial charge < -0.3 is 14.9 Å². The zero-order valence-corrected chi connectivity index (χ0v) is 10.0. The summed E-state index contributed by atoms with van der Waals surface area (Å²) >= 11 is 6.04. The van der Waals surface area contributed by atoms with Gasteiger partial charge in [0, 0.05) is 0 Å². The van der Waals surface area contributed by atoms with E-state index in [1.807, 2.05) is 10.9 Å². The molecule has 1 unspecified atom stereocenters. The first kappa shape index (κ1) is 11.2. The highest BCUT2D eigenvalue weighted by atomic mass is 35.5. The van der Waals surface area contributed by atoms with Crippen LogP contribution in [0.1, 0.15) is 8.97 Å². The molecule has 1 aliphatic rings. The monoisotopic (exact) mass is 289 g/mol. The van der Waals surface area contributed by atoms with E-state index in [2.05, 4.69) is 5.10 Å². The van der Waals surface area contributed by atoms with Crippen LogP contribution in [0.15, 0.2) is 15.8 Å². The summed E-state index contributed by atoms with van der Waals surface area (Å²) < 4.78 is 20.0. The minimum absolute atomic E-state index is 0.559. The highest BCUT2D eigenvalue weighted by molar-refractivity contribution is 6.27. The van der Waals surface area contributed by atoms with E-state index >= 15 is 0 Å². The Balaban J connectivity index is 2.55. The number of terminal acetylenes is 1. The molecular formula is C10H10ClN3O5. The molecule has 1 aromatic heterocycles. The summed E-state index contributed by atoms with van der Waals surface area (Å²) in [6, 6.07) is 0. The molecule has 1 aliphatic heterocycles. The van der Waals surface area contributed by atoms with Crippen molar-refractivity contribution in [3.05, 3.63) is 27.0 Å². The lowest BCUT2D eigenvalue weighted by molar-refractivity contribution is -0.0514. The van der Waals surface area contributed by atoms with Gasteiger partial charge in [-0.25, -0.2) is 4.79 Å². The topological polar surface area (TPSA) is 117 Å². The summed E-state index contributed by atoms with van der Waals surface area (Å²) in [4.78, 5) is 22.5. The van der Waals surface area contributed by atoms with Crippen LogP contribution in [0.25, 0.3) is 0 Å². The van der Waals surface area contributed by atoms with Crippen molar-refractivity contribution in [1.82, 2.24) is 14.8 Å². The molecule has 0 bridgehead atoms. The van der Waals surface area contributed by atoms with Gasteiger partial charge >= 0.3 is 5.69 Å². The van der Waals surface area contributed by atoms with Crippen LogP contribution in [0.2, 0.25) is 0 Å². The molecule has 102 valence electrons. The van der Waals surface area contributed by atoms with Gasteiger partial charge in [0.1, 0.15) is 18.4 Å². The number of aromatic nitrogens is 3. The van der Waals surface area contributed by atoms with E-state index in [1.165, 1.54) is 0 Å². The largest absolute Gasteiger partial charge is 0.394 e. The Kier molecular flexibility index (Phi) is 2.82. The van der Waals surface area contributed by atoms with E-state index in [0.29, 0.717) is 4.68 Å². The second kappa shape index (κ2) is 4.79. The fourth-order valence-corrected chi connectivity index (χ4v) is 1.96. The number of rotatable bonds is 2.